The number of carbonyl (C=O) groups is 1. The first-order valence-corrected chi connectivity index (χ1v) is 10.8. The standard InChI is InChI=1S/C26H26O2/c1-2-28-19-6-8-21-20-7-3-16(9-10-27)11-24(20)26(25(21)13-19)14-22-17-4-5-18(12-17)23(22)15-26/h3-8,10-11,13,17-18,22-23H,2,9,12,14-15H2,1H3. The molecule has 6 rings (SSSR count). The van der Waals surface area contributed by atoms with Crippen LogP contribution in [0.15, 0.2) is 48.6 Å². The van der Waals surface area contributed by atoms with Gasteiger partial charge in [0.25, 0.3) is 0 Å². The fraction of sp³-hybridized carbons (Fsp3) is 0.423. The average molecular weight is 370 g/mol. The molecule has 2 saturated carbocycles. The van der Waals surface area contributed by atoms with Crippen molar-refractivity contribution in [2.75, 3.05) is 6.61 Å². The zero-order valence-electron chi connectivity index (χ0n) is 16.4. The highest BCUT2D eigenvalue weighted by Crippen LogP contribution is 2.67. The van der Waals surface area contributed by atoms with Gasteiger partial charge in [-0.2, -0.15) is 0 Å². The molecule has 0 saturated heterocycles. The van der Waals surface area contributed by atoms with Crippen molar-refractivity contribution in [2.45, 2.75) is 38.0 Å². The van der Waals surface area contributed by atoms with E-state index in [0.717, 1.165) is 41.3 Å². The summed E-state index contributed by atoms with van der Waals surface area (Å²) in [6.45, 7) is 2.74. The van der Waals surface area contributed by atoms with Crippen molar-refractivity contribution in [1.29, 1.82) is 0 Å². The van der Waals surface area contributed by atoms with E-state index in [1.165, 1.54) is 41.5 Å². The number of carbonyl (C=O) groups excluding carboxylic acids is 1. The summed E-state index contributed by atoms with van der Waals surface area (Å²) in [6, 6.07) is 13.4. The largest absolute Gasteiger partial charge is 0.494 e. The van der Waals surface area contributed by atoms with E-state index < -0.39 is 0 Å². The number of hydrogen-bond acceptors (Lipinski definition) is 2. The van der Waals surface area contributed by atoms with Crippen LogP contribution in [0, 0.1) is 23.7 Å². The molecule has 0 N–H and O–H groups in total. The van der Waals surface area contributed by atoms with Crippen LogP contribution in [-0.4, -0.2) is 12.9 Å². The highest BCUT2D eigenvalue weighted by atomic mass is 16.5. The Morgan fingerprint density at radius 3 is 2.36 bits per heavy atom. The third-order valence-electron chi connectivity index (χ3n) is 7.99. The first kappa shape index (κ1) is 16.6. The molecule has 2 heteroatoms. The Morgan fingerprint density at radius 2 is 1.68 bits per heavy atom. The second-order valence-corrected chi connectivity index (χ2v) is 9.16. The number of benzene rings is 2. The lowest BCUT2D eigenvalue weighted by atomic mass is 9.74. The van der Waals surface area contributed by atoms with E-state index in [-0.39, 0.29) is 5.41 Å². The number of allylic oxidation sites excluding steroid dienone is 2. The van der Waals surface area contributed by atoms with Gasteiger partial charge in [-0.05, 0) is 89.8 Å². The molecule has 28 heavy (non-hydrogen) atoms. The number of rotatable bonds is 4. The normalized spacial score (nSPS) is 33.2. The molecule has 0 radical (unpaired) electrons. The lowest BCUT2D eigenvalue weighted by Crippen LogP contribution is -2.23. The molecule has 2 fully saturated rings. The van der Waals surface area contributed by atoms with Gasteiger partial charge in [0.1, 0.15) is 12.0 Å². The summed E-state index contributed by atoms with van der Waals surface area (Å²) in [7, 11) is 0. The van der Waals surface area contributed by atoms with Crippen LogP contribution in [0.4, 0.5) is 0 Å². The smallest absolute Gasteiger partial charge is 0.124 e. The van der Waals surface area contributed by atoms with Gasteiger partial charge in [0.2, 0.25) is 0 Å². The second kappa shape index (κ2) is 5.83. The number of fused-ring (bicyclic) bond motifs is 10. The topological polar surface area (TPSA) is 26.3 Å². The fourth-order valence-corrected chi connectivity index (χ4v) is 6.96. The van der Waals surface area contributed by atoms with E-state index in [0.29, 0.717) is 13.0 Å². The van der Waals surface area contributed by atoms with Gasteiger partial charge in [0.05, 0.1) is 6.61 Å². The molecule has 0 aliphatic heterocycles. The maximum Gasteiger partial charge on any atom is 0.124 e. The second-order valence-electron chi connectivity index (χ2n) is 9.16. The lowest BCUT2D eigenvalue weighted by Gasteiger charge is -2.29. The summed E-state index contributed by atoms with van der Waals surface area (Å²) in [4.78, 5) is 11.2. The molecule has 1 spiro atoms. The van der Waals surface area contributed by atoms with E-state index in [1.54, 1.807) is 0 Å². The lowest BCUT2D eigenvalue weighted by molar-refractivity contribution is -0.107. The zero-order chi connectivity index (χ0) is 18.9. The Kier molecular flexibility index (Phi) is 3.45. The van der Waals surface area contributed by atoms with Gasteiger partial charge in [0, 0.05) is 11.8 Å². The van der Waals surface area contributed by atoms with E-state index in [9.17, 15) is 4.79 Å². The van der Waals surface area contributed by atoms with Crippen LogP contribution in [0.2, 0.25) is 0 Å². The molecule has 0 heterocycles. The summed E-state index contributed by atoms with van der Waals surface area (Å²) in [5, 5.41) is 0. The van der Waals surface area contributed by atoms with Crippen LogP contribution in [0.5, 0.6) is 5.75 Å². The van der Waals surface area contributed by atoms with Crippen molar-refractivity contribution < 1.29 is 9.53 Å². The van der Waals surface area contributed by atoms with Gasteiger partial charge in [-0.25, -0.2) is 0 Å². The Morgan fingerprint density at radius 1 is 1.00 bits per heavy atom. The van der Waals surface area contributed by atoms with Crippen molar-refractivity contribution in [1.82, 2.24) is 0 Å². The van der Waals surface area contributed by atoms with Gasteiger partial charge in [0.15, 0.2) is 0 Å². The summed E-state index contributed by atoms with van der Waals surface area (Å²) in [6.07, 6.45) is 10.4. The predicted octanol–water partition coefficient (Wildman–Crippen LogP) is 5.33. The third kappa shape index (κ3) is 2.07. The minimum absolute atomic E-state index is 0.0922. The molecule has 2 aromatic carbocycles. The summed E-state index contributed by atoms with van der Waals surface area (Å²) >= 11 is 0. The van der Waals surface area contributed by atoms with E-state index in [1.807, 2.05) is 6.92 Å². The molecule has 4 unspecified atom stereocenters. The minimum Gasteiger partial charge on any atom is -0.494 e. The molecule has 142 valence electrons. The van der Waals surface area contributed by atoms with Crippen molar-refractivity contribution >= 4 is 6.29 Å². The summed E-state index contributed by atoms with van der Waals surface area (Å²) in [5.74, 6) is 4.14. The van der Waals surface area contributed by atoms with Crippen LogP contribution >= 0.6 is 0 Å². The molecule has 0 amide bonds. The van der Waals surface area contributed by atoms with Crippen LogP contribution in [0.3, 0.4) is 0 Å². The van der Waals surface area contributed by atoms with Gasteiger partial charge < -0.3 is 9.53 Å². The fourth-order valence-electron chi connectivity index (χ4n) is 6.96. The Hall–Kier alpha value is -2.35. The zero-order valence-corrected chi connectivity index (χ0v) is 16.4. The van der Waals surface area contributed by atoms with E-state index >= 15 is 0 Å². The van der Waals surface area contributed by atoms with Crippen molar-refractivity contribution in [3.8, 4) is 16.9 Å². The van der Waals surface area contributed by atoms with Crippen LogP contribution in [0.1, 0.15) is 42.9 Å². The molecule has 2 bridgehead atoms. The monoisotopic (exact) mass is 370 g/mol. The number of ether oxygens (including phenoxy) is 1. The molecule has 2 aromatic rings. The van der Waals surface area contributed by atoms with Crippen LogP contribution in [0.25, 0.3) is 11.1 Å². The number of hydrogen-bond donors (Lipinski definition) is 0. The summed E-state index contributed by atoms with van der Waals surface area (Å²) in [5.41, 5.74) is 6.90. The Bertz CT molecular complexity index is 981. The maximum atomic E-state index is 11.2. The molecule has 4 atom stereocenters. The van der Waals surface area contributed by atoms with E-state index in [4.69, 9.17) is 4.74 Å². The molecule has 0 aromatic heterocycles. The molecule has 4 aliphatic carbocycles. The van der Waals surface area contributed by atoms with E-state index in [2.05, 4.69) is 48.6 Å². The minimum atomic E-state index is 0.0922. The van der Waals surface area contributed by atoms with Crippen LogP contribution < -0.4 is 4.74 Å². The predicted molar refractivity (Wildman–Crippen MR) is 111 cm³/mol. The Balaban J connectivity index is 1.53. The SMILES string of the molecule is CCOc1ccc2c(c1)C1(CC3C4C=CC(C4)C3C1)c1cc(CC=O)ccc1-2. The first-order valence-electron chi connectivity index (χ1n) is 10.8. The molecule has 2 nitrogen and oxygen atoms in total. The highest BCUT2D eigenvalue weighted by molar-refractivity contribution is 5.82. The van der Waals surface area contributed by atoms with Crippen molar-refractivity contribution in [3.05, 3.63) is 65.2 Å². The van der Waals surface area contributed by atoms with Crippen molar-refractivity contribution in [2.24, 2.45) is 23.7 Å². The summed E-state index contributed by atoms with van der Waals surface area (Å²) < 4.78 is 5.88. The third-order valence-corrected chi connectivity index (χ3v) is 7.99. The number of aldehydes is 1. The average Bonchev–Trinajstić information content (AvgIpc) is 3.45. The van der Waals surface area contributed by atoms with Gasteiger partial charge in [-0.3, -0.25) is 0 Å². The van der Waals surface area contributed by atoms with Gasteiger partial charge in [-0.15, -0.1) is 0 Å². The van der Waals surface area contributed by atoms with Gasteiger partial charge in [-0.1, -0.05) is 36.4 Å². The molecular weight excluding hydrogens is 344 g/mol. The Labute approximate surface area is 166 Å². The van der Waals surface area contributed by atoms with Gasteiger partial charge >= 0.3 is 0 Å². The molecular formula is C26H26O2. The quantitative estimate of drug-likeness (QED) is 0.537. The first-order chi connectivity index (χ1) is 13.7. The highest BCUT2D eigenvalue weighted by Gasteiger charge is 2.58. The molecule has 4 aliphatic rings. The maximum absolute atomic E-state index is 11.2. The van der Waals surface area contributed by atoms with Crippen LogP contribution in [-0.2, 0) is 16.6 Å². The van der Waals surface area contributed by atoms with Crippen molar-refractivity contribution in [3.63, 3.8) is 0 Å².